The van der Waals surface area contributed by atoms with Gasteiger partial charge in [0.2, 0.25) is 0 Å². The van der Waals surface area contributed by atoms with Crippen molar-refractivity contribution in [1.82, 2.24) is 4.90 Å². The molecule has 0 unspecified atom stereocenters. The number of amides is 2. The standard InChI is InChI=1S/C23H24N2O6/c1-25-18-9-8-16(12-21(26)27)31-20(18)13-30-19-10-7-15(11-17(19)23(25)29)24-22(28)14-5-3-2-4-6-14/h2-7,10-11,16,18,20H,8-9,12-13H2,1H3,(H,24,28)(H,26,27)/t16-,18-,20-/m1/s1. The van der Waals surface area contributed by atoms with Gasteiger partial charge in [-0.05, 0) is 43.2 Å². The summed E-state index contributed by atoms with van der Waals surface area (Å²) in [5.74, 6) is -1.01. The van der Waals surface area contributed by atoms with Crippen LogP contribution in [0.1, 0.15) is 40.0 Å². The lowest BCUT2D eigenvalue weighted by atomic mass is 9.94. The first kappa shape index (κ1) is 20.9. The van der Waals surface area contributed by atoms with Gasteiger partial charge in [-0.25, -0.2) is 0 Å². The number of carbonyl (C=O) groups is 3. The van der Waals surface area contributed by atoms with Gasteiger partial charge in [0.05, 0.1) is 24.1 Å². The molecule has 8 nitrogen and oxygen atoms in total. The molecule has 2 aliphatic rings. The summed E-state index contributed by atoms with van der Waals surface area (Å²) in [5, 5.41) is 11.9. The average molecular weight is 424 g/mol. The van der Waals surface area contributed by atoms with Gasteiger partial charge in [0.1, 0.15) is 18.5 Å². The maximum atomic E-state index is 13.2. The normalized spacial score (nSPS) is 22.9. The summed E-state index contributed by atoms with van der Waals surface area (Å²) >= 11 is 0. The molecule has 2 aromatic carbocycles. The number of likely N-dealkylation sites (N-methyl/N-ethyl adjacent to an activating group) is 1. The Balaban J connectivity index is 1.54. The molecule has 2 aromatic rings. The number of hydrogen-bond acceptors (Lipinski definition) is 5. The van der Waals surface area contributed by atoms with Crippen molar-refractivity contribution in [3.8, 4) is 5.75 Å². The predicted molar refractivity (Wildman–Crippen MR) is 112 cm³/mol. The van der Waals surface area contributed by atoms with Crippen molar-refractivity contribution in [2.75, 3.05) is 19.0 Å². The molecule has 1 fully saturated rings. The fourth-order valence-electron chi connectivity index (χ4n) is 4.09. The van der Waals surface area contributed by atoms with E-state index in [0.29, 0.717) is 35.4 Å². The molecular formula is C23H24N2O6. The van der Waals surface area contributed by atoms with E-state index >= 15 is 0 Å². The van der Waals surface area contributed by atoms with Gasteiger partial charge in [-0.3, -0.25) is 14.4 Å². The number of ether oxygens (including phenoxy) is 2. The van der Waals surface area contributed by atoms with Gasteiger partial charge in [-0.15, -0.1) is 0 Å². The van der Waals surface area contributed by atoms with Crippen LogP contribution >= 0.6 is 0 Å². The number of carboxylic acid groups (broad SMARTS) is 1. The molecule has 2 aliphatic heterocycles. The minimum Gasteiger partial charge on any atom is -0.490 e. The fourth-order valence-corrected chi connectivity index (χ4v) is 4.09. The number of benzene rings is 2. The van der Waals surface area contributed by atoms with Crippen molar-refractivity contribution in [3.63, 3.8) is 0 Å². The molecule has 0 aliphatic carbocycles. The third-order valence-corrected chi connectivity index (χ3v) is 5.71. The Kier molecular flexibility index (Phi) is 5.90. The lowest BCUT2D eigenvalue weighted by molar-refractivity contribution is -0.148. The van der Waals surface area contributed by atoms with Gasteiger partial charge < -0.3 is 24.8 Å². The number of anilines is 1. The van der Waals surface area contributed by atoms with Crippen LogP contribution in [-0.4, -0.2) is 59.7 Å². The second-order valence-corrected chi connectivity index (χ2v) is 7.80. The van der Waals surface area contributed by atoms with Crippen molar-refractivity contribution in [3.05, 3.63) is 59.7 Å². The van der Waals surface area contributed by atoms with Crippen molar-refractivity contribution >= 4 is 23.5 Å². The monoisotopic (exact) mass is 424 g/mol. The van der Waals surface area contributed by atoms with E-state index in [1.165, 1.54) is 0 Å². The van der Waals surface area contributed by atoms with Crippen LogP contribution in [0.4, 0.5) is 5.69 Å². The Morgan fingerprint density at radius 1 is 1.16 bits per heavy atom. The van der Waals surface area contributed by atoms with E-state index in [9.17, 15) is 14.4 Å². The number of hydrogen-bond donors (Lipinski definition) is 2. The van der Waals surface area contributed by atoms with Crippen molar-refractivity contribution in [2.45, 2.75) is 37.5 Å². The molecule has 2 N–H and O–H groups in total. The van der Waals surface area contributed by atoms with Gasteiger partial charge >= 0.3 is 5.97 Å². The average Bonchev–Trinajstić information content (AvgIpc) is 2.77. The van der Waals surface area contributed by atoms with Gasteiger partial charge in [-0.2, -0.15) is 0 Å². The van der Waals surface area contributed by atoms with E-state index in [0.717, 1.165) is 0 Å². The van der Waals surface area contributed by atoms with Crippen LogP contribution in [0.25, 0.3) is 0 Å². The highest BCUT2D eigenvalue weighted by Gasteiger charge is 2.39. The van der Waals surface area contributed by atoms with Crippen molar-refractivity contribution in [2.24, 2.45) is 0 Å². The lowest BCUT2D eigenvalue weighted by Gasteiger charge is -2.42. The van der Waals surface area contributed by atoms with Crippen LogP contribution in [0, 0.1) is 0 Å². The summed E-state index contributed by atoms with van der Waals surface area (Å²) in [4.78, 5) is 38.3. The van der Waals surface area contributed by atoms with E-state index in [1.807, 2.05) is 6.07 Å². The number of carboxylic acids is 1. The van der Waals surface area contributed by atoms with E-state index in [2.05, 4.69) is 5.32 Å². The third-order valence-electron chi connectivity index (χ3n) is 5.71. The summed E-state index contributed by atoms with van der Waals surface area (Å²) in [6.45, 7) is 0.209. The van der Waals surface area contributed by atoms with Crippen LogP contribution in [0.5, 0.6) is 5.75 Å². The van der Waals surface area contributed by atoms with Crippen LogP contribution in [-0.2, 0) is 9.53 Å². The SMILES string of the molecule is CN1C(=O)c2cc(NC(=O)c3ccccc3)ccc2OC[C@H]2O[C@@H](CC(=O)O)CC[C@H]21. The topological polar surface area (TPSA) is 105 Å². The van der Waals surface area contributed by atoms with E-state index in [1.54, 1.807) is 54.4 Å². The van der Waals surface area contributed by atoms with Crippen LogP contribution < -0.4 is 10.1 Å². The number of fused-ring (bicyclic) bond motifs is 2. The zero-order valence-corrected chi connectivity index (χ0v) is 17.1. The zero-order chi connectivity index (χ0) is 22.0. The van der Waals surface area contributed by atoms with E-state index < -0.39 is 12.1 Å². The number of aliphatic carboxylic acids is 1. The number of rotatable bonds is 4. The molecule has 0 saturated carbocycles. The summed E-state index contributed by atoms with van der Waals surface area (Å²) in [5.41, 5.74) is 1.38. The highest BCUT2D eigenvalue weighted by atomic mass is 16.5. The van der Waals surface area contributed by atoms with E-state index in [4.69, 9.17) is 14.6 Å². The zero-order valence-electron chi connectivity index (χ0n) is 17.1. The minimum absolute atomic E-state index is 0.0675. The molecular weight excluding hydrogens is 400 g/mol. The van der Waals surface area contributed by atoms with E-state index in [-0.39, 0.29) is 37.0 Å². The largest absolute Gasteiger partial charge is 0.490 e. The second-order valence-electron chi connectivity index (χ2n) is 7.80. The second kappa shape index (κ2) is 8.77. The molecule has 3 atom stereocenters. The summed E-state index contributed by atoms with van der Waals surface area (Å²) in [7, 11) is 1.71. The lowest BCUT2D eigenvalue weighted by Crippen LogP contribution is -2.53. The molecule has 31 heavy (non-hydrogen) atoms. The highest BCUT2D eigenvalue weighted by molar-refractivity contribution is 6.05. The van der Waals surface area contributed by atoms with Crippen LogP contribution in [0.2, 0.25) is 0 Å². The molecule has 0 bridgehead atoms. The Morgan fingerprint density at radius 2 is 1.94 bits per heavy atom. The first-order chi connectivity index (χ1) is 14.9. The maximum Gasteiger partial charge on any atom is 0.305 e. The molecule has 162 valence electrons. The number of nitrogens with zero attached hydrogens (tertiary/aromatic N) is 1. The molecule has 0 radical (unpaired) electrons. The molecule has 0 aromatic heterocycles. The first-order valence-corrected chi connectivity index (χ1v) is 10.2. The maximum absolute atomic E-state index is 13.2. The summed E-state index contributed by atoms with van der Waals surface area (Å²) in [6.07, 6.45) is 0.332. The van der Waals surface area contributed by atoms with Gasteiger partial charge in [0, 0.05) is 18.3 Å². The predicted octanol–water partition coefficient (Wildman–Crippen LogP) is 2.79. The number of nitrogens with one attached hydrogen (secondary N) is 1. The minimum atomic E-state index is -0.907. The van der Waals surface area contributed by atoms with Gasteiger partial charge in [0.25, 0.3) is 11.8 Å². The van der Waals surface area contributed by atoms with Crippen LogP contribution in [0.3, 0.4) is 0 Å². The smallest absolute Gasteiger partial charge is 0.305 e. The van der Waals surface area contributed by atoms with Gasteiger partial charge in [0.15, 0.2) is 0 Å². The number of carbonyl (C=O) groups excluding carboxylic acids is 2. The quantitative estimate of drug-likeness (QED) is 0.782. The molecule has 0 spiro atoms. The Hall–Kier alpha value is -3.39. The molecule has 2 heterocycles. The fraction of sp³-hybridized carbons (Fsp3) is 0.348. The molecule has 8 heteroatoms. The third kappa shape index (κ3) is 4.54. The highest BCUT2D eigenvalue weighted by Crippen LogP contribution is 2.32. The summed E-state index contributed by atoms with van der Waals surface area (Å²) < 4.78 is 11.8. The summed E-state index contributed by atoms with van der Waals surface area (Å²) in [6, 6.07) is 13.6. The molecule has 1 saturated heterocycles. The Bertz CT molecular complexity index is 993. The van der Waals surface area contributed by atoms with Crippen LogP contribution in [0.15, 0.2) is 48.5 Å². The van der Waals surface area contributed by atoms with Gasteiger partial charge in [-0.1, -0.05) is 18.2 Å². The Morgan fingerprint density at radius 3 is 2.68 bits per heavy atom. The first-order valence-electron chi connectivity index (χ1n) is 10.2. The van der Waals surface area contributed by atoms with Crippen molar-refractivity contribution in [1.29, 1.82) is 0 Å². The molecule has 4 rings (SSSR count). The van der Waals surface area contributed by atoms with Crippen molar-refractivity contribution < 1.29 is 29.0 Å². The Labute approximate surface area is 179 Å². The molecule has 2 amide bonds.